The Hall–Kier alpha value is -2.30. The average Bonchev–Trinajstić information content (AvgIpc) is 2.39. The first-order valence-corrected chi connectivity index (χ1v) is 5.02. The number of rotatable bonds is 3. The predicted octanol–water partition coefficient (Wildman–Crippen LogP) is 1.45. The molecule has 0 unspecified atom stereocenters. The number of nitrogens with zero attached hydrogens (tertiary/aromatic N) is 1. The van der Waals surface area contributed by atoms with Crippen LogP contribution in [0.4, 0.5) is 0 Å². The van der Waals surface area contributed by atoms with Crippen LogP contribution in [0, 0.1) is 0 Å². The number of hydrogen-bond acceptors (Lipinski definition) is 4. The third kappa shape index (κ3) is 2.44. The SMILES string of the molecule is COc1cc(OC)cc(-c2ccc(=O)[nH]n2)c1. The van der Waals surface area contributed by atoms with E-state index in [-0.39, 0.29) is 5.56 Å². The Morgan fingerprint density at radius 2 is 1.71 bits per heavy atom. The molecule has 88 valence electrons. The Labute approximate surface area is 98.0 Å². The van der Waals surface area contributed by atoms with Crippen LogP contribution in [0.25, 0.3) is 11.3 Å². The number of methoxy groups -OCH3 is 2. The minimum atomic E-state index is -0.233. The molecule has 0 spiro atoms. The van der Waals surface area contributed by atoms with Gasteiger partial charge in [-0.3, -0.25) is 4.79 Å². The lowest BCUT2D eigenvalue weighted by Crippen LogP contribution is -2.05. The van der Waals surface area contributed by atoms with Gasteiger partial charge in [-0.25, -0.2) is 5.10 Å². The zero-order valence-corrected chi connectivity index (χ0v) is 9.56. The van der Waals surface area contributed by atoms with E-state index >= 15 is 0 Å². The summed E-state index contributed by atoms with van der Waals surface area (Å²) in [5.74, 6) is 1.35. The summed E-state index contributed by atoms with van der Waals surface area (Å²) in [6.45, 7) is 0. The van der Waals surface area contributed by atoms with Crippen LogP contribution in [0.5, 0.6) is 11.5 Å². The van der Waals surface area contributed by atoms with E-state index in [0.717, 1.165) is 5.56 Å². The van der Waals surface area contributed by atoms with Gasteiger partial charge < -0.3 is 9.47 Å². The first-order valence-electron chi connectivity index (χ1n) is 5.02. The summed E-state index contributed by atoms with van der Waals surface area (Å²) in [5, 5.41) is 6.34. The molecule has 0 radical (unpaired) electrons. The fourth-order valence-electron chi connectivity index (χ4n) is 1.46. The van der Waals surface area contributed by atoms with Gasteiger partial charge in [-0.05, 0) is 18.2 Å². The van der Waals surface area contributed by atoms with Gasteiger partial charge >= 0.3 is 0 Å². The van der Waals surface area contributed by atoms with Gasteiger partial charge in [0.25, 0.3) is 5.56 Å². The van der Waals surface area contributed by atoms with Crippen molar-refractivity contribution in [2.24, 2.45) is 0 Å². The van der Waals surface area contributed by atoms with Crippen molar-refractivity contribution in [3.8, 4) is 22.8 Å². The molecule has 2 rings (SSSR count). The van der Waals surface area contributed by atoms with Crippen molar-refractivity contribution in [3.63, 3.8) is 0 Å². The first-order chi connectivity index (χ1) is 8.22. The fraction of sp³-hybridized carbons (Fsp3) is 0.167. The zero-order chi connectivity index (χ0) is 12.3. The van der Waals surface area contributed by atoms with Crippen molar-refractivity contribution in [3.05, 3.63) is 40.7 Å². The second-order valence-electron chi connectivity index (χ2n) is 3.41. The number of ether oxygens (including phenoxy) is 2. The lowest BCUT2D eigenvalue weighted by atomic mass is 10.1. The molecule has 5 nitrogen and oxygen atoms in total. The normalized spacial score (nSPS) is 10.0. The zero-order valence-electron chi connectivity index (χ0n) is 9.56. The minimum Gasteiger partial charge on any atom is -0.497 e. The van der Waals surface area contributed by atoms with E-state index in [9.17, 15) is 4.79 Å². The number of H-pyrrole nitrogens is 1. The highest BCUT2D eigenvalue weighted by Gasteiger charge is 2.05. The molecule has 0 bridgehead atoms. The number of aromatic amines is 1. The summed E-state index contributed by atoms with van der Waals surface area (Å²) < 4.78 is 10.3. The van der Waals surface area contributed by atoms with Crippen molar-refractivity contribution < 1.29 is 9.47 Å². The molecule has 1 aromatic carbocycles. The van der Waals surface area contributed by atoms with Crippen LogP contribution in [0.1, 0.15) is 0 Å². The maximum Gasteiger partial charge on any atom is 0.264 e. The fourth-order valence-corrected chi connectivity index (χ4v) is 1.46. The Bertz CT molecular complexity index is 535. The Morgan fingerprint density at radius 1 is 1.06 bits per heavy atom. The van der Waals surface area contributed by atoms with Gasteiger partial charge in [0.2, 0.25) is 0 Å². The van der Waals surface area contributed by atoms with Crippen LogP contribution in [0.15, 0.2) is 35.1 Å². The summed E-state index contributed by atoms with van der Waals surface area (Å²) in [6.07, 6.45) is 0. The summed E-state index contributed by atoms with van der Waals surface area (Å²) in [5.41, 5.74) is 1.24. The van der Waals surface area contributed by atoms with Gasteiger partial charge in [-0.15, -0.1) is 0 Å². The molecular formula is C12H12N2O3. The van der Waals surface area contributed by atoms with Gasteiger partial charge in [0.15, 0.2) is 0 Å². The molecule has 2 aromatic rings. The first kappa shape index (κ1) is 11.2. The van der Waals surface area contributed by atoms with E-state index in [0.29, 0.717) is 17.2 Å². The second-order valence-corrected chi connectivity index (χ2v) is 3.41. The van der Waals surface area contributed by atoms with Crippen LogP contribution in [0.3, 0.4) is 0 Å². The lowest BCUT2D eigenvalue weighted by Gasteiger charge is -2.07. The molecule has 1 aromatic heterocycles. The van der Waals surface area contributed by atoms with Crippen LogP contribution >= 0.6 is 0 Å². The molecule has 0 fully saturated rings. The van der Waals surface area contributed by atoms with Gasteiger partial charge in [-0.2, -0.15) is 5.10 Å². The Morgan fingerprint density at radius 3 is 2.18 bits per heavy atom. The predicted molar refractivity (Wildman–Crippen MR) is 63.4 cm³/mol. The number of benzene rings is 1. The minimum absolute atomic E-state index is 0.233. The van der Waals surface area contributed by atoms with Crippen LogP contribution in [-0.2, 0) is 0 Å². The number of hydrogen-bond donors (Lipinski definition) is 1. The van der Waals surface area contributed by atoms with Crippen molar-refractivity contribution in [1.29, 1.82) is 0 Å². The Balaban J connectivity index is 2.50. The number of aromatic nitrogens is 2. The molecule has 17 heavy (non-hydrogen) atoms. The van der Waals surface area contributed by atoms with Crippen LogP contribution < -0.4 is 15.0 Å². The average molecular weight is 232 g/mol. The molecule has 0 atom stereocenters. The van der Waals surface area contributed by atoms with Gasteiger partial charge in [0, 0.05) is 17.7 Å². The van der Waals surface area contributed by atoms with Crippen molar-refractivity contribution in [1.82, 2.24) is 10.2 Å². The van der Waals surface area contributed by atoms with Gasteiger partial charge in [0.1, 0.15) is 11.5 Å². The molecule has 0 aliphatic carbocycles. The number of nitrogens with one attached hydrogen (secondary N) is 1. The van der Waals surface area contributed by atoms with Crippen molar-refractivity contribution in [2.45, 2.75) is 0 Å². The quantitative estimate of drug-likeness (QED) is 0.870. The van der Waals surface area contributed by atoms with Crippen molar-refractivity contribution >= 4 is 0 Å². The third-order valence-corrected chi connectivity index (χ3v) is 2.33. The largest absolute Gasteiger partial charge is 0.497 e. The Kier molecular flexibility index (Phi) is 3.09. The van der Waals surface area contributed by atoms with Crippen molar-refractivity contribution in [2.75, 3.05) is 14.2 Å². The molecule has 5 heteroatoms. The highest BCUT2D eigenvalue weighted by Crippen LogP contribution is 2.27. The topological polar surface area (TPSA) is 64.2 Å². The summed E-state index contributed by atoms with van der Waals surface area (Å²) >= 11 is 0. The maximum atomic E-state index is 10.9. The second kappa shape index (κ2) is 4.69. The van der Waals surface area contributed by atoms with E-state index in [2.05, 4.69) is 10.2 Å². The molecule has 1 N–H and O–H groups in total. The van der Waals surface area contributed by atoms with Crippen LogP contribution in [0.2, 0.25) is 0 Å². The van der Waals surface area contributed by atoms with E-state index < -0.39 is 0 Å². The molecule has 0 aliphatic heterocycles. The van der Waals surface area contributed by atoms with E-state index in [1.165, 1.54) is 6.07 Å². The molecule has 0 amide bonds. The third-order valence-electron chi connectivity index (χ3n) is 2.33. The molecule has 0 saturated carbocycles. The molecule has 1 heterocycles. The maximum absolute atomic E-state index is 10.9. The standard InChI is InChI=1S/C12H12N2O3/c1-16-9-5-8(6-10(7-9)17-2)11-3-4-12(15)14-13-11/h3-7H,1-2H3,(H,14,15). The molecule has 0 saturated heterocycles. The smallest absolute Gasteiger partial charge is 0.264 e. The molecule has 0 aliphatic rings. The highest BCUT2D eigenvalue weighted by atomic mass is 16.5. The van der Waals surface area contributed by atoms with E-state index in [1.807, 2.05) is 12.1 Å². The summed E-state index contributed by atoms with van der Waals surface area (Å²) in [4.78, 5) is 10.9. The molecular weight excluding hydrogens is 220 g/mol. The summed E-state index contributed by atoms with van der Waals surface area (Å²) in [7, 11) is 3.16. The van der Waals surface area contributed by atoms with E-state index in [1.54, 1.807) is 26.4 Å². The van der Waals surface area contributed by atoms with Crippen LogP contribution in [-0.4, -0.2) is 24.4 Å². The van der Waals surface area contributed by atoms with Gasteiger partial charge in [0.05, 0.1) is 19.9 Å². The monoisotopic (exact) mass is 232 g/mol. The summed E-state index contributed by atoms with van der Waals surface area (Å²) in [6, 6.07) is 8.49. The van der Waals surface area contributed by atoms with E-state index in [4.69, 9.17) is 9.47 Å². The lowest BCUT2D eigenvalue weighted by molar-refractivity contribution is 0.394. The van der Waals surface area contributed by atoms with Gasteiger partial charge in [-0.1, -0.05) is 0 Å². The highest BCUT2D eigenvalue weighted by molar-refractivity contribution is 5.63.